The van der Waals surface area contributed by atoms with Crippen LogP contribution in [0.15, 0.2) is 42.5 Å². The number of hydrogen-bond acceptors (Lipinski definition) is 3. The average molecular weight is 351 g/mol. The molecule has 0 saturated heterocycles. The van der Waals surface area contributed by atoms with Crippen LogP contribution in [-0.2, 0) is 4.79 Å². The number of hydrogen-bond donors (Lipinski definition) is 3. The van der Waals surface area contributed by atoms with E-state index < -0.39 is 6.04 Å². The lowest BCUT2D eigenvalue weighted by atomic mass is 10.1. The van der Waals surface area contributed by atoms with E-state index in [-0.39, 0.29) is 11.8 Å². The molecule has 1 saturated carbocycles. The van der Waals surface area contributed by atoms with Gasteiger partial charge in [-0.1, -0.05) is 12.1 Å². The van der Waals surface area contributed by atoms with Crippen LogP contribution in [0.1, 0.15) is 41.3 Å². The minimum atomic E-state index is -0.402. The molecule has 3 N–H and O–H groups in total. The van der Waals surface area contributed by atoms with E-state index in [0.29, 0.717) is 11.6 Å². The molecular formula is C21H25N3O2. The first-order valence-electron chi connectivity index (χ1n) is 8.98. The monoisotopic (exact) mass is 351 g/mol. The lowest BCUT2D eigenvalue weighted by molar-refractivity contribution is -0.116. The third kappa shape index (κ3) is 4.63. The van der Waals surface area contributed by atoms with Crippen molar-refractivity contribution in [1.82, 2.24) is 5.32 Å². The highest BCUT2D eigenvalue weighted by atomic mass is 16.2. The van der Waals surface area contributed by atoms with Gasteiger partial charge < -0.3 is 16.0 Å². The number of aryl methyl sites for hydroxylation is 2. The molecule has 136 valence electrons. The number of carbonyl (C=O) groups is 2. The van der Waals surface area contributed by atoms with Crippen molar-refractivity contribution in [3.63, 3.8) is 0 Å². The van der Waals surface area contributed by atoms with E-state index in [4.69, 9.17) is 0 Å². The van der Waals surface area contributed by atoms with Crippen molar-refractivity contribution in [3.8, 4) is 0 Å². The van der Waals surface area contributed by atoms with Gasteiger partial charge in [0.2, 0.25) is 5.91 Å². The largest absolute Gasteiger partial charge is 0.374 e. The highest BCUT2D eigenvalue weighted by Crippen LogP contribution is 2.20. The predicted octanol–water partition coefficient (Wildman–Crippen LogP) is 3.63. The van der Waals surface area contributed by atoms with Crippen LogP contribution in [0.4, 0.5) is 11.4 Å². The summed E-state index contributed by atoms with van der Waals surface area (Å²) in [4.78, 5) is 24.4. The van der Waals surface area contributed by atoms with Gasteiger partial charge in [-0.2, -0.15) is 0 Å². The Hall–Kier alpha value is -2.82. The lowest BCUT2D eigenvalue weighted by Gasteiger charge is -2.17. The number of amides is 2. The average Bonchev–Trinajstić information content (AvgIpc) is 3.42. The molecule has 0 radical (unpaired) electrons. The Morgan fingerprint density at radius 2 is 1.73 bits per heavy atom. The number of nitrogens with one attached hydrogen (secondary N) is 3. The molecule has 1 fully saturated rings. The number of carbonyl (C=O) groups excluding carboxylic acids is 2. The van der Waals surface area contributed by atoms with Gasteiger partial charge in [0, 0.05) is 23.0 Å². The van der Waals surface area contributed by atoms with E-state index in [2.05, 4.69) is 16.0 Å². The molecule has 5 nitrogen and oxygen atoms in total. The van der Waals surface area contributed by atoms with Gasteiger partial charge in [0.1, 0.15) is 6.04 Å². The Bertz CT molecular complexity index is 811. The summed E-state index contributed by atoms with van der Waals surface area (Å²) in [7, 11) is 0. The second kappa shape index (κ2) is 7.60. The van der Waals surface area contributed by atoms with Crippen molar-refractivity contribution in [2.45, 2.75) is 45.7 Å². The maximum Gasteiger partial charge on any atom is 0.251 e. The first kappa shape index (κ1) is 18.0. The van der Waals surface area contributed by atoms with Gasteiger partial charge in [0.05, 0.1) is 0 Å². The van der Waals surface area contributed by atoms with Crippen LogP contribution in [0.3, 0.4) is 0 Å². The van der Waals surface area contributed by atoms with Crippen molar-refractivity contribution in [2.75, 3.05) is 10.6 Å². The summed E-state index contributed by atoms with van der Waals surface area (Å²) >= 11 is 0. The SMILES string of the molecule is Cc1ccc(C)c(NC(=O)C(C)Nc2ccc(C(=O)NC3CC3)cc2)c1. The van der Waals surface area contributed by atoms with E-state index in [1.807, 2.05) is 51.1 Å². The molecule has 2 amide bonds. The summed E-state index contributed by atoms with van der Waals surface area (Å²) in [6, 6.07) is 13.1. The quantitative estimate of drug-likeness (QED) is 0.744. The van der Waals surface area contributed by atoms with E-state index in [0.717, 1.165) is 35.3 Å². The Balaban J connectivity index is 1.58. The van der Waals surface area contributed by atoms with Gasteiger partial charge in [-0.05, 0) is 75.1 Å². The summed E-state index contributed by atoms with van der Waals surface area (Å²) in [5.74, 6) is -0.144. The highest BCUT2D eigenvalue weighted by Gasteiger charge is 2.23. The number of rotatable bonds is 6. The standard InChI is InChI=1S/C21H25N3O2/c1-13-4-5-14(2)19(12-13)24-20(25)15(3)22-17-8-6-16(7-9-17)21(26)23-18-10-11-18/h4-9,12,15,18,22H,10-11H2,1-3H3,(H,23,26)(H,24,25). The second-order valence-corrected chi connectivity index (χ2v) is 7.00. The van der Waals surface area contributed by atoms with Crippen LogP contribution in [-0.4, -0.2) is 23.9 Å². The van der Waals surface area contributed by atoms with E-state index >= 15 is 0 Å². The van der Waals surface area contributed by atoms with Crippen LogP contribution >= 0.6 is 0 Å². The van der Waals surface area contributed by atoms with Gasteiger partial charge in [-0.15, -0.1) is 0 Å². The van der Waals surface area contributed by atoms with Gasteiger partial charge >= 0.3 is 0 Å². The summed E-state index contributed by atoms with van der Waals surface area (Å²) in [6.45, 7) is 5.78. The van der Waals surface area contributed by atoms with Gasteiger partial charge in [-0.25, -0.2) is 0 Å². The molecule has 1 atom stereocenters. The fourth-order valence-electron chi connectivity index (χ4n) is 2.64. The van der Waals surface area contributed by atoms with Gasteiger partial charge in [0.25, 0.3) is 5.91 Å². The maximum absolute atomic E-state index is 12.4. The Morgan fingerprint density at radius 3 is 2.38 bits per heavy atom. The fourth-order valence-corrected chi connectivity index (χ4v) is 2.64. The van der Waals surface area contributed by atoms with E-state index in [1.165, 1.54) is 0 Å². The second-order valence-electron chi connectivity index (χ2n) is 7.00. The summed E-state index contributed by atoms with van der Waals surface area (Å²) in [5.41, 5.74) is 4.40. The molecule has 1 aliphatic rings. The van der Waals surface area contributed by atoms with Crippen molar-refractivity contribution < 1.29 is 9.59 Å². The molecular weight excluding hydrogens is 326 g/mol. The molecule has 0 bridgehead atoms. The first-order valence-corrected chi connectivity index (χ1v) is 8.98. The van der Waals surface area contributed by atoms with E-state index in [1.54, 1.807) is 12.1 Å². The molecule has 3 rings (SSSR count). The zero-order chi connectivity index (χ0) is 18.7. The van der Waals surface area contributed by atoms with Gasteiger partial charge in [-0.3, -0.25) is 9.59 Å². The zero-order valence-electron chi connectivity index (χ0n) is 15.4. The molecule has 0 aliphatic heterocycles. The lowest BCUT2D eigenvalue weighted by Crippen LogP contribution is -2.32. The Kier molecular flexibility index (Phi) is 5.26. The summed E-state index contributed by atoms with van der Waals surface area (Å²) in [6.07, 6.45) is 2.14. The third-order valence-corrected chi connectivity index (χ3v) is 4.49. The molecule has 5 heteroatoms. The van der Waals surface area contributed by atoms with Crippen molar-refractivity contribution >= 4 is 23.2 Å². The van der Waals surface area contributed by atoms with Crippen molar-refractivity contribution in [3.05, 3.63) is 59.2 Å². The minimum Gasteiger partial charge on any atom is -0.374 e. The minimum absolute atomic E-state index is 0.0419. The number of benzene rings is 2. The highest BCUT2D eigenvalue weighted by molar-refractivity contribution is 5.97. The summed E-state index contributed by atoms with van der Waals surface area (Å²) in [5, 5.41) is 9.10. The van der Waals surface area contributed by atoms with Crippen LogP contribution < -0.4 is 16.0 Å². The molecule has 2 aromatic carbocycles. The Labute approximate surface area is 154 Å². The van der Waals surface area contributed by atoms with E-state index in [9.17, 15) is 9.59 Å². The molecule has 2 aromatic rings. The molecule has 0 spiro atoms. The third-order valence-electron chi connectivity index (χ3n) is 4.49. The Morgan fingerprint density at radius 1 is 1.04 bits per heavy atom. The maximum atomic E-state index is 12.4. The number of anilines is 2. The predicted molar refractivity (Wildman–Crippen MR) is 105 cm³/mol. The fraction of sp³-hybridized carbons (Fsp3) is 0.333. The molecule has 1 aliphatic carbocycles. The van der Waals surface area contributed by atoms with Crippen molar-refractivity contribution in [1.29, 1.82) is 0 Å². The van der Waals surface area contributed by atoms with Crippen LogP contribution in [0.2, 0.25) is 0 Å². The van der Waals surface area contributed by atoms with Crippen LogP contribution in [0, 0.1) is 13.8 Å². The normalized spacial score (nSPS) is 14.4. The topological polar surface area (TPSA) is 70.2 Å². The summed E-state index contributed by atoms with van der Waals surface area (Å²) < 4.78 is 0. The smallest absolute Gasteiger partial charge is 0.251 e. The van der Waals surface area contributed by atoms with Crippen LogP contribution in [0.25, 0.3) is 0 Å². The zero-order valence-corrected chi connectivity index (χ0v) is 15.4. The molecule has 0 heterocycles. The molecule has 0 aromatic heterocycles. The van der Waals surface area contributed by atoms with Crippen LogP contribution in [0.5, 0.6) is 0 Å². The first-order chi connectivity index (χ1) is 12.4. The molecule has 1 unspecified atom stereocenters. The van der Waals surface area contributed by atoms with Gasteiger partial charge in [0.15, 0.2) is 0 Å². The van der Waals surface area contributed by atoms with Crippen molar-refractivity contribution in [2.24, 2.45) is 0 Å². The molecule has 26 heavy (non-hydrogen) atoms.